The molecule has 57 heavy (non-hydrogen) atoms. The van der Waals surface area contributed by atoms with Crippen LogP contribution in [0.4, 0.5) is 0 Å². The number of nitrogens with one attached hydrogen (secondary N) is 1. The largest absolute Gasteiger partial charge is 0.300 e. The molecule has 0 saturated carbocycles. The van der Waals surface area contributed by atoms with Gasteiger partial charge in [-0.2, -0.15) is 0 Å². The summed E-state index contributed by atoms with van der Waals surface area (Å²) in [5.41, 5.74) is 17.5. The van der Waals surface area contributed by atoms with Crippen LogP contribution in [0.1, 0.15) is 44.4 Å². The van der Waals surface area contributed by atoms with Crippen LogP contribution in [0.5, 0.6) is 0 Å². The molecule has 8 rings (SSSR count). The number of benzene rings is 5. The van der Waals surface area contributed by atoms with Crippen LogP contribution in [-0.4, -0.2) is 10.7 Å². The Balaban J connectivity index is 0.00000244. The van der Waals surface area contributed by atoms with Crippen molar-refractivity contribution in [1.29, 1.82) is 5.41 Å². The lowest BCUT2D eigenvalue weighted by atomic mass is 9.76. The average molecular weight is 739 g/mol. The molecular weight excluding hydrogens is 689 g/mol. The predicted molar refractivity (Wildman–Crippen MR) is 245 cm³/mol. The van der Waals surface area contributed by atoms with Crippen LogP contribution in [0.2, 0.25) is 0 Å². The molecule has 1 heterocycles. The van der Waals surface area contributed by atoms with Gasteiger partial charge < -0.3 is 5.41 Å². The van der Waals surface area contributed by atoms with E-state index in [9.17, 15) is 0 Å². The first kappa shape index (κ1) is 38.6. The van der Waals surface area contributed by atoms with Gasteiger partial charge in [0, 0.05) is 22.6 Å². The molecule has 0 amide bonds. The third-order valence-corrected chi connectivity index (χ3v) is 10.8. The Morgan fingerprint density at radius 2 is 1.07 bits per heavy atom. The molecule has 0 spiro atoms. The summed E-state index contributed by atoms with van der Waals surface area (Å²) in [4.78, 5) is 5.27. The summed E-state index contributed by atoms with van der Waals surface area (Å²) in [7, 11) is 0. The molecule has 2 aliphatic rings. The predicted octanol–water partition coefficient (Wildman–Crippen LogP) is 14.8. The fourth-order valence-corrected chi connectivity index (χ4v) is 7.66. The van der Waals surface area contributed by atoms with Crippen molar-refractivity contribution < 1.29 is 0 Å². The number of nitrogens with zero attached hydrogens (tertiary/aromatic N) is 1. The van der Waals surface area contributed by atoms with Crippen LogP contribution in [-0.2, 0) is 0 Å². The second kappa shape index (κ2) is 17.9. The SMILES string of the molecule is CC.CC(/C(=C\c1ccccc1C)C1C=CC(c2cc(-c3ccc(-c4ccccc4)cc3)nc(-c3ccc(-c4ccccc4)cc3)c2)=CC1C)=C1/C=CC=CC1=N. The fraction of sp³-hybridized carbons (Fsp3) is 0.127. The maximum Gasteiger partial charge on any atom is 0.0715 e. The van der Waals surface area contributed by atoms with E-state index in [2.05, 4.69) is 197 Å². The van der Waals surface area contributed by atoms with E-state index in [1.807, 2.05) is 32.1 Å². The van der Waals surface area contributed by atoms with Crippen molar-refractivity contribution in [3.05, 3.63) is 222 Å². The topological polar surface area (TPSA) is 36.7 Å². The second-order valence-corrected chi connectivity index (χ2v) is 14.5. The number of hydrogen-bond acceptors (Lipinski definition) is 2. The average Bonchev–Trinajstić information content (AvgIpc) is 3.27. The molecule has 2 heteroatoms. The Hall–Kier alpha value is -6.64. The quantitative estimate of drug-likeness (QED) is 0.166. The Labute approximate surface area is 339 Å². The monoisotopic (exact) mass is 738 g/mol. The lowest BCUT2D eigenvalue weighted by Gasteiger charge is -2.28. The van der Waals surface area contributed by atoms with E-state index in [1.165, 1.54) is 44.5 Å². The van der Waals surface area contributed by atoms with Crippen molar-refractivity contribution in [3.63, 3.8) is 0 Å². The van der Waals surface area contributed by atoms with Gasteiger partial charge in [0.2, 0.25) is 0 Å². The van der Waals surface area contributed by atoms with Gasteiger partial charge in [-0.05, 0) is 93.6 Å². The van der Waals surface area contributed by atoms with Crippen molar-refractivity contribution in [2.45, 2.75) is 34.6 Å². The Kier molecular flexibility index (Phi) is 12.1. The maximum absolute atomic E-state index is 8.73. The van der Waals surface area contributed by atoms with Gasteiger partial charge in [0.1, 0.15) is 0 Å². The van der Waals surface area contributed by atoms with Crippen molar-refractivity contribution in [3.8, 4) is 44.8 Å². The highest BCUT2D eigenvalue weighted by atomic mass is 14.7. The first-order valence-corrected chi connectivity index (χ1v) is 20.1. The van der Waals surface area contributed by atoms with Crippen molar-refractivity contribution in [2.75, 3.05) is 0 Å². The molecule has 6 aromatic rings. The van der Waals surface area contributed by atoms with Crippen LogP contribution in [0.15, 0.2) is 205 Å². The zero-order valence-electron chi connectivity index (χ0n) is 33.6. The molecule has 0 saturated heterocycles. The normalized spacial score (nSPS) is 17.1. The van der Waals surface area contributed by atoms with E-state index < -0.39 is 0 Å². The summed E-state index contributed by atoms with van der Waals surface area (Å²) >= 11 is 0. The zero-order chi connectivity index (χ0) is 39.7. The lowest BCUT2D eigenvalue weighted by Crippen LogP contribution is -2.16. The van der Waals surface area contributed by atoms with Gasteiger partial charge in [0.15, 0.2) is 0 Å². The van der Waals surface area contributed by atoms with E-state index in [0.717, 1.165) is 39.2 Å². The Bertz CT molecular complexity index is 2440. The van der Waals surface area contributed by atoms with Gasteiger partial charge in [-0.1, -0.05) is 197 Å². The van der Waals surface area contributed by atoms with E-state index in [0.29, 0.717) is 5.71 Å². The number of pyridine rings is 1. The van der Waals surface area contributed by atoms with Gasteiger partial charge in [0.25, 0.3) is 0 Å². The van der Waals surface area contributed by atoms with Crippen molar-refractivity contribution >= 4 is 17.4 Å². The van der Waals surface area contributed by atoms with E-state index in [4.69, 9.17) is 10.4 Å². The molecule has 2 unspecified atom stereocenters. The minimum absolute atomic E-state index is 0.139. The molecule has 0 aliphatic heterocycles. The number of aryl methyl sites for hydroxylation is 1. The minimum atomic E-state index is 0.139. The molecule has 0 radical (unpaired) electrons. The number of aromatic nitrogens is 1. The van der Waals surface area contributed by atoms with Crippen molar-refractivity contribution in [2.24, 2.45) is 11.8 Å². The number of hydrogen-bond donors (Lipinski definition) is 1. The van der Waals surface area contributed by atoms with Crippen LogP contribution in [0.3, 0.4) is 0 Å². The second-order valence-electron chi connectivity index (χ2n) is 14.5. The Morgan fingerprint density at radius 1 is 0.579 bits per heavy atom. The summed E-state index contributed by atoms with van der Waals surface area (Å²) < 4.78 is 0. The molecular formula is C55H50N2. The zero-order valence-corrected chi connectivity index (χ0v) is 33.6. The molecule has 1 aromatic heterocycles. The van der Waals surface area contributed by atoms with Crippen LogP contribution < -0.4 is 0 Å². The first-order chi connectivity index (χ1) is 27.9. The third kappa shape index (κ3) is 8.77. The van der Waals surface area contributed by atoms with E-state index in [1.54, 1.807) is 0 Å². The molecule has 0 fully saturated rings. The van der Waals surface area contributed by atoms with Gasteiger partial charge in [-0.25, -0.2) is 4.98 Å². The van der Waals surface area contributed by atoms with Gasteiger partial charge >= 0.3 is 0 Å². The number of rotatable bonds is 8. The van der Waals surface area contributed by atoms with Crippen LogP contribution in [0, 0.1) is 24.2 Å². The summed E-state index contributed by atoms with van der Waals surface area (Å²) in [6.07, 6.45) is 17.3. The van der Waals surface area contributed by atoms with Gasteiger partial charge in [0.05, 0.1) is 17.1 Å². The van der Waals surface area contributed by atoms with Crippen LogP contribution >= 0.6 is 0 Å². The molecule has 2 nitrogen and oxygen atoms in total. The van der Waals surface area contributed by atoms with E-state index >= 15 is 0 Å². The lowest BCUT2D eigenvalue weighted by molar-refractivity contribution is 0.585. The van der Waals surface area contributed by atoms with Crippen molar-refractivity contribution in [1.82, 2.24) is 4.98 Å². The highest BCUT2D eigenvalue weighted by Gasteiger charge is 2.25. The molecule has 280 valence electrons. The highest BCUT2D eigenvalue weighted by Crippen LogP contribution is 2.40. The fourth-order valence-electron chi connectivity index (χ4n) is 7.66. The Morgan fingerprint density at radius 3 is 1.60 bits per heavy atom. The third-order valence-electron chi connectivity index (χ3n) is 10.8. The smallest absolute Gasteiger partial charge is 0.0715 e. The standard InChI is InChI=1S/C53H44N2.C2H6/c1-36-14-10-11-19-45(36)33-50(38(3)49-20-12-13-21-51(49)54)48-31-30-46(32-37(48)2)47-34-52(43-26-22-41(23-27-43)39-15-6-4-7-16-39)55-53(35-47)44-28-24-42(25-29-44)40-17-8-5-9-18-40;1-2/h4-35,37,48,54H,1-3H3;1-2H3/b49-38+,50-33+,54-51?;. The molecule has 0 bridgehead atoms. The van der Waals surface area contributed by atoms with Gasteiger partial charge in [-0.3, -0.25) is 0 Å². The van der Waals surface area contributed by atoms with E-state index in [-0.39, 0.29) is 11.8 Å². The molecule has 5 aromatic carbocycles. The summed E-state index contributed by atoms with van der Waals surface area (Å²) in [6, 6.07) is 51.5. The van der Waals surface area contributed by atoms with Gasteiger partial charge in [-0.15, -0.1) is 0 Å². The first-order valence-electron chi connectivity index (χ1n) is 20.1. The highest BCUT2D eigenvalue weighted by molar-refractivity contribution is 6.10. The molecule has 1 N–H and O–H groups in total. The maximum atomic E-state index is 8.73. The van der Waals surface area contributed by atoms with Crippen LogP contribution in [0.25, 0.3) is 56.4 Å². The number of allylic oxidation sites excluding steroid dienone is 11. The molecule has 2 atom stereocenters. The molecule has 2 aliphatic carbocycles. The minimum Gasteiger partial charge on any atom is -0.300 e. The summed E-state index contributed by atoms with van der Waals surface area (Å²) in [5, 5.41) is 8.73. The summed E-state index contributed by atoms with van der Waals surface area (Å²) in [6.45, 7) is 10.6. The summed E-state index contributed by atoms with van der Waals surface area (Å²) in [5.74, 6) is 0.346.